The highest BCUT2D eigenvalue weighted by Gasteiger charge is 2.23. The van der Waals surface area contributed by atoms with Crippen LogP contribution < -0.4 is 5.32 Å². The number of aromatic nitrogens is 2. The molecule has 2 rings (SSSR count). The Kier molecular flexibility index (Phi) is 4.81. The lowest BCUT2D eigenvalue weighted by atomic mass is 9.94. The standard InChI is InChI=1S/C15H27N3/c1-12(2)18-11-10-14(17-18)8-9-15(16-3)13-6-4-5-7-13/h10-13,15-16H,4-9H2,1-3H3. The van der Waals surface area contributed by atoms with E-state index in [1.807, 2.05) is 0 Å². The van der Waals surface area contributed by atoms with Crippen molar-refractivity contribution >= 4 is 0 Å². The summed E-state index contributed by atoms with van der Waals surface area (Å²) in [5.74, 6) is 0.891. The number of aryl methyl sites for hydroxylation is 1. The summed E-state index contributed by atoms with van der Waals surface area (Å²) in [6, 6.07) is 3.31. The molecular weight excluding hydrogens is 222 g/mol. The SMILES string of the molecule is CNC(CCc1ccn(C(C)C)n1)C1CCCC1. The molecule has 1 atom stereocenters. The number of nitrogens with zero attached hydrogens (tertiary/aromatic N) is 2. The van der Waals surface area contributed by atoms with Crippen molar-refractivity contribution in [3.63, 3.8) is 0 Å². The van der Waals surface area contributed by atoms with Crippen LogP contribution in [0, 0.1) is 5.92 Å². The Bertz CT molecular complexity index is 350. The summed E-state index contributed by atoms with van der Waals surface area (Å²) in [6.45, 7) is 4.34. The third-order valence-electron chi connectivity index (χ3n) is 4.24. The smallest absolute Gasteiger partial charge is 0.0625 e. The quantitative estimate of drug-likeness (QED) is 0.839. The summed E-state index contributed by atoms with van der Waals surface area (Å²) in [5, 5.41) is 8.14. The second-order valence-electron chi connectivity index (χ2n) is 5.86. The second-order valence-corrected chi connectivity index (χ2v) is 5.86. The van der Waals surface area contributed by atoms with Crippen LogP contribution in [0.5, 0.6) is 0 Å². The summed E-state index contributed by atoms with van der Waals surface area (Å²) >= 11 is 0. The monoisotopic (exact) mass is 249 g/mol. The van der Waals surface area contributed by atoms with Crippen molar-refractivity contribution in [2.24, 2.45) is 5.92 Å². The van der Waals surface area contributed by atoms with Crippen LogP contribution in [0.3, 0.4) is 0 Å². The highest BCUT2D eigenvalue weighted by molar-refractivity contribution is 5.00. The minimum atomic E-state index is 0.466. The van der Waals surface area contributed by atoms with Crippen molar-refractivity contribution in [3.05, 3.63) is 18.0 Å². The van der Waals surface area contributed by atoms with E-state index in [9.17, 15) is 0 Å². The van der Waals surface area contributed by atoms with Gasteiger partial charge in [-0.05, 0) is 58.6 Å². The van der Waals surface area contributed by atoms with E-state index in [2.05, 4.69) is 48.3 Å². The van der Waals surface area contributed by atoms with Crippen LogP contribution in [0.15, 0.2) is 12.3 Å². The minimum Gasteiger partial charge on any atom is -0.317 e. The minimum absolute atomic E-state index is 0.466. The lowest BCUT2D eigenvalue weighted by Crippen LogP contribution is -2.32. The van der Waals surface area contributed by atoms with Gasteiger partial charge in [0.15, 0.2) is 0 Å². The summed E-state index contributed by atoms with van der Waals surface area (Å²) in [7, 11) is 2.11. The molecule has 1 N–H and O–H groups in total. The van der Waals surface area contributed by atoms with Gasteiger partial charge < -0.3 is 5.32 Å². The maximum atomic E-state index is 4.63. The van der Waals surface area contributed by atoms with Gasteiger partial charge in [0.05, 0.1) is 5.69 Å². The molecule has 0 aromatic carbocycles. The average molecular weight is 249 g/mol. The molecule has 1 aliphatic carbocycles. The van der Waals surface area contributed by atoms with Crippen molar-refractivity contribution in [1.29, 1.82) is 0 Å². The highest BCUT2D eigenvalue weighted by atomic mass is 15.3. The van der Waals surface area contributed by atoms with Gasteiger partial charge in [-0.1, -0.05) is 12.8 Å². The van der Waals surface area contributed by atoms with Crippen molar-refractivity contribution in [3.8, 4) is 0 Å². The van der Waals surface area contributed by atoms with Gasteiger partial charge in [-0.3, -0.25) is 4.68 Å². The zero-order valence-electron chi connectivity index (χ0n) is 12.0. The first-order valence-electron chi connectivity index (χ1n) is 7.42. The second kappa shape index (κ2) is 6.37. The topological polar surface area (TPSA) is 29.9 Å². The molecule has 3 nitrogen and oxygen atoms in total. The molecule has 1 aliphatic rings. The Morgan fingerprint density at radius 3 is 2.67 bits per heavy atom. The lowest BCUT2D eigenvalue weighted by Gasteiger charge is -2.22. The Labute approximate surface area is 111 Å². The summed E-state index contributed by atoms with van der Waals surface area (Å²) in [5.41, 5.74) is 1.24. The van der Waals surface area contributed by atoms with E-state index < -0.39 is 0 Å². The van der Waals surface area contributed by atoms with Gasteiger partial charge >= 0.3 is 0 Å². The zero-order chi connectivity index (χ0) is 13.0. The fourth-order valence-corrected chi connectivity index (χ4v) is 3.08. The predicted molar refractivity (Wildman–Crippen MR) is 75.7 cm³/mol. The van der Waals surface area contributed by atoms with Crippen LogP contribution in [0.1, 0.15) is 57.7 Å². The number of nitrogens with one attached hydrogen (secondary N) is 1. The van der Waals surface area contributed by atoms with Crippen LogP contribution >= 0.6 is 0 Å². The Morgan fingerprint density at radius 1 is 1.39 bits per heavy atom. The van der Waals surface area contributed by atoms with Crippen LogP contribution in [0.25, 0.3) is 0 Å². The molecule has 102 valence electrons. The lowest BCUT2D eigenvalue weighted by molar-refractivity contribution is 0.358. The normalized spacial score (nSPS) is 18.7. The fraction of sp³-hybridized carbons (Fsp3) is 0.800. The molecular formula is C15H27N3. The number of hydrogen-bond acceptors (Lipinski definition) is 2. The van der Waals surface area contributed by atoms with Crippen molar-refractivity contribution in [2.45, 2.75) is 64.5 Å². The fourth-order valence-electron chi connectivity index (χ4n) is 3.08. The van der Waals surface area contributed by atoms with Crippen LogP contribution in [0.2, 0.25) is 0 Å². The molecule has 0 spiro atoms. The summed E-state index contributed by atoms with van der Waals surface area (Å²) in [4.78, 5) is 0. The molecule has 1 fully saturated rings. The first-order chi connectivity index (χ1) is 8.70. The molecule has 1 aromatic heterocycles. The largest absolute Gasteiger partial charge is 0.317 e. The predicted octanol–water partition coefficient (Wildman–Crippen LogP) is 3.17. The van der Waals surface area contributed by atoms with Crippen molar-refractivity contribution in [1.82, 2.24) is 15.1 Å². The van der Waals surface area contributed by atoms with Gasteiger partial charge in [-0.25, -0.2) is 0 Å². The first-order valence-corrected chi connectivity index (χ1v) is 7.42. The molecule has 0 bridgehead atoms. The van der Waals surface area contributed by atoms with E-state index in [0.29, 0.717) is 12.1 Å². The van der Waals surface area contributed by atoms with E-state index in [1.54, 1.807) is 0 Å². The number of hydrogen-bond donors (Lipinski definition) is 1. The summed E-state index contributed by atoms with van der Waals surface area (Å²) < 4.78 is 2.05. The van der Waals surface area contributed by atoms with Gasteiger partial charge in [0, 0.05) is 18.3 Å². The average Bonchev–Trinajstić information content (AvgIpc) is 3.00. The van der Waals surface area contributed by atoms with E-state index in [1.165, 1.54) is 37.8 Å². The third-order valence-corrected chi connectivity index (χ3v) is 4.24. The van der Waals surface area contributed by atoms with Crippen molar-refractivity contribution in [2.75, 3.05) is 7.05 Å². The van der Waals surface area contributed by atoms with Gasteiger partial charge in [0.2, 0.25) is 0 Å². The molecule has 18 heavy (non-hydrogen) atoms. The molecule has 0 radical (unpaired) electrons. The molecule has 0 saturated heterocycles. The van der Waals surface area contributed by atoms with E-state index in [4.69, 9.17) is 0 Å². The number of rotatable bonds is 6. The van der Waals surface area contributed by atoms with Crippen LogP contribution in [0.4, 0.5) is 0 Å². The van der Waals surface area contributed by atoms with E-state index in [-0.39, 0.29) is 0 Å². The maximum Gasteiger partial charge on any atom is 0.0625 e. The van der Waals surface area contributed by atoms with Gasteiger partial charge in [-0.15, -0.1) is 0 Å². The van der Waals surface area contributed by atoms with Crippen LogP contribution in [-0.4, -0.2) is 22.9 Å². The van der Waals surface area contributed by atoms with Gasteiger partial charge in [0.25, 0.3) is 0 Å². The van der Waals surface area contributed by atoms with Gasteiger partial charge in [-0.2, -0.15) is 5.10 Å². The maximum absolute atomic E-state index is 4.63. The molecule has 1 heterocycles. The third kappa shape index (κ3) is 3.35. The molecule has 0 amide bonds. The Morgan fingerprint density at radius 2 is 2.11 bits per heavy atom. The molecule has 1 aromatic rings. The molecule has 1 unspecified atom stereocenters. The van der Waals surface area contributed by atoms with Gasteiger partial charge in [0.1, 0.15) is 0 Å². The molecule has 3 heteroatoms. The van der Waals surface area contributed by atoms with Crippen molar-refractivity contribution < 1.29 is 0 Å². The van der Waals surface area contributed by atoms with E-state index >= 15 is 0 Å². The Hall–Kier alpha value is -0.830. The van der Waals surface area contributed by atoms with E-state index in [0.717, 1.165) is 12.3 Å². The first kappa shape index (κ1) is 13.6. The Balaban J connectivity index is 1.84. The molecule has 0 aliphatic heterocycles. The highest BCUT2D eigenvalue weighted by Crippen LogP contribution is 2.29. The summed E-state index contributed by atoms with van der Waals surface area (Å²) in [6.07, 6.45) is 10.1. The molecule has 1 saturated carbocycles. The zero-order valence-corrected chi connectivity index (χ0v) is 12.0. The van der Waals surface area contributed by atoms with Crippen LogP contribution in [-0.2, 0) is 6.42 Å².